The topological polar surface area (TPSA) is 37.1 Å². The average Bonchev–Trinajstić information content (AvgIpc) is 2.67. The van der Waals surface area contributed by atoms with Crippen LogP contribution in [0.5, 0.6) is 5.75 Å². The summed E-state index contributed by atoms with van der Waals surface area (Å²) < 4.78 is 6.00. The minimum absolute atomic E-state index is 0.338. The van der Waals surface area contributed by atoms with Gasteiger partial charge in [-0.05, 0) is 48.2 Å². The lowest BCUT2D eigenvalue weighted by Crippen LogP contribution is -3.16. The summed E-state index contributed by atoms with van der Waals surface area (Å²) in [6.45, 7) is 11.4. The van der Waals surface area contributed by atoms with Gasteiger partial charge >= 0.3 is 0 Å². The van der Waals surface area contributed by atoms with E-state index >= 15 is 0 Å². The van der Waals surface area contributed by atoms with Crippen molar-refractivity contribution in [3.8, 4) is 5.75 Å². The number of benzene rings is 2. The third-order valence-electron chi connectivity index (χ3n) is 5.39. The Labute approximate surface area is 173 Å². The Morgan fingerprint density at radius 1 is 1.14 bits per heavy atom. The third-order valence-corrected chi connectivity index (χ3v) is 5.63. The highest BCUT2D eigenvalue weighted by atomic mass is 35.5. The van der Waals surface area contributed by atoms with Gasteiger partial charge in [0.05, 0.1) is 26.2 Å². The molecule has 2 N–H and O–H groups in total. The van der Waals surface area contributed by atoms with Crippen LogP contribution in [0.4, 0.5) is 5.69 Å². The molecule has 0 amide bonds. The molecule has 1 atom stereocenters. The van der Waals surface area contributed by atoms with Crippen molar-refractivity contribution >= 4 is 17.3 Å². The number of aryl methyl sites for hydroxylation is 1. The molecular formula is C23H32ClN2O2+. The number of aliphatic hydroxyl groups is 1. The molecule has 1 aliphatic rings. The molecule has 3 rings (SSSR count). The van der Waals surface area contributed by atoms with Gasteiger partial charge in [0.2, 0.25) is 0 Å². The number of ether oxygens (including phenoxy) is 1. The standard InChI is InChI=1S/C23H31ClN2O2/c1-17(2)22-8-7-18(3)13-23(22)28-16-21(27)15-25-9-11-26(12-10-25)20-6-4-5-19(24)14-20/h4-8,13-14,17,21,27H,9-12,15-16H2,1-3H3/p+1/t21-/m0/s1. The van der Waals surface area contributed by atoms with Crippen LogP contribution in [0.1, 0.15) is 30.9 Å². The summed E-state index contributed by atoms with van der Waals surface area (Å²) in [5, 5.41) is 11.3. The van der Waals surface area contributed by atoms with Crippen molar-refractivity contribution in [1.29, 1.82) is 0 Å². The number of quaternary nitrogens is 1. The first kappa shape index (κ1) is 21.0. The van der Waals surface area contributed by atoms with Gasteiger partial charge in [0.15, 0.2) is 0 Å². The normalized spacial score (nSPS) is 16.4. The van der Waals surface area contributed by atoms with Gasteiger partial charge in [-0.15, -0.1) is 0 Å². The summed E-state index contributed by atoms with van der Waals surface area (Å²) >= 11 is 6.11. The van der Waals surface area contributed by atoms with E-state index < -0.39 is 6.10 Å². The van der Waals surface area contributed by atoms with Crippen LogP contribution in [0.2, 0.25) is 5.02 Å². The predicted octanol–water partition coefficient (Wildman–Crippen LogP) is 2.92. The summed E-state index contributed by atoms with van der Waals surface area (Å²) in [5.41, 5.74) is 3.55. The van der Waals surface area contributed by atoms with E-state index in [9.17, 15) is 5.11 Å². The Bertz CT molecular complexity index is 773. The molecule has 4 nitrogen and oxygen atoms in total. The first-order chi connectivity index (χ1) is 13.4. The molecule has 2 aromatic carbocycles. The van der Waals surface area contributed by atoms with E-state index in [1.54, 1.807) is 0 Å². The lowest BCUT2D eigenvalue weighted by Gasteiger charge is -2.34. The van der Waals surface area contributed by atoms with Crippen molar-refractivity contribution < 1.29 is 14.7 Å². The van der Waals surface area contributed by atoms with Crippen LogP contribution in [0, 0.1) is 6.92 Å². The highest BCUT2D eigenvalue weighted by Gasteiger charge is 2.23. The SMILES string of the molecule is Cc1ccc(C(C)C)c(OC[C@@H](O)C[NH+]2CCN(c3cccc(Cl)c3)CC2)c1. The van der Waals surface area contributed by atoms with Crippen LogP contribution < -0.4 is 14.5 Å². The molecule has 152 valence electrons. The second-order valence-corrected chi connectivity index (χ2v) is 8.52. The molecule has 0 unspecified atom stereocenters. The van der Waals surface area contributed by atoms with Crippen molar-refractivity contribution in [2.75, 3.05) is 44.2 Å². The summed E-state index contributed by atoms with van der Waals surface area (Å²) in [4.78, 5) is 3.78. The molecule has 0 aromatic heterocycles. The molecule has 0 radical (unpaired) electrons. The highest BCUT2D eigenvalue weighted by Crippen LogP contribution is 2.27. The monoisotopic (exact) mass is 403 g/mol. The van der Waals surface area contributed by atoms with Crippen molar-refractivity contribution in [2.45, 2.75) is 32.8 Å². The number of nitrogens with zero attached hydrogens (tertiary/aromatic N) is 1. The van der Waals surface area contributed by atoms with Gasteiger partial charge in [0.25, 0.3) is 0 Å². The Morgan fingerprint density at radius 2 is 1.89 bits per heavy atom. The fraction of sp³-hybridized carbons (Fsp3) is 0.478. The highest BCUT2D eigenvalue weighted by molar-refractivity contribution is 6.30. The summed E-state index contributed by atoms with van der Waals surface area (Å²) in [7, 11) is 0. The van der Waals surface area contributed by atoms with Crippen LogP contribution in [-0.2, 0) is 0 Å². The van der Waals surface area contributed by atoms with E-state index in [1.165, 1.54) is 21.7 Å². The zero-order valence-electron chi connectivity index (χ0n) is 17.1. The molecule has 1 fully saturated rings. The van der Waals surface area contributed by atoms with Gasteiger partial charge < -0.3 is 19.6 Å². The molecule has 2 aromatic rings. The fourth-order valence-electron chi connectivity index (χ4n) is 3.78. The van der Waals surface area contributed by atoms with Gasteiger partial charge in [-0.25, -0.2) is 0 Å². The van der Waals surface area contributed by atoms with Crippen molar-refractivity contribution in [2.24, 2.45) is 0 Å². The first-order valence-corrected chi connectivity index (χ1v) is 10.6. The smallest absolute Gasteiger partial charge is 0.137 e. The Hall–Kier alpha value is -1.75. The Morgan fingerprint density at radius 3 is 2.57 bits per heavy atom. The molecule has 0 spiro atoms. The zero-order chi connectivity index (χ0) is 20.1. The molecule has 1 heterocycles. The van der Waals surface area contributed by atoms with Gasteiger partial charge in [-0.2, -0.15) is 0 Å². The number of nitrogens with one attached hydrogen (secondary N) is 1. The number of halogens is 1. The van der Waals surface area contributed by atoms with E-state index in [4.69, 9.17) is 16.3 Å². The minimum atomic E-state index is -0.465. The number of anilines is 1. The lowest BCUT2D eigenvalue weighted by molar-refractivity contribution is -0.903. The third kappa shape index (κ3) is 5.63. The largest absolute Gasteiger partial charge is 0.490 e. The van der Waals surface area contributed by atoms with Gasteiger partial charge in [0, 0.05) is 10.7 Å². The number of rotatable bonds is 7. The quantitative estimate of drug-likeness (QED) is 0.746. The van der Waals surface area contributed by atoms with E-state index in [0.717, 1.165) is 37.0 Å². The van der Waals surface area contributed by atoms with Crippen molar-refractivity contribution in [3.63, 3.8) is 0 Å². The summed E-state index contributed by atoms with van der Waals surface area (Å²) in [5.74, 6) is 1.30. The van der Waals surface area contributed by atoms with Crippen LogP contribution >= 0.6 is 11.6 Å². The maximum Gasteiger partial charge on any atom is 0.137 e. The fourth-order valence-corrected chi connectivity index (χ4v) is 3.96. The van der Waals surface area contributed by atoms with Gasteiger partial charge in [-0.3, -0.25) is 0 Å². The zero-order valence-corrected chi connectivity index (χ0v) is 17.9. The van der Waals surface area contributed by atoms with E-state index in [0.29, 0.717) is 19.1 Å². The van der Waals surface area contributed by atoms with Crippen LogP contribution in [0.15, 0.2) is 42.5 Å². The predicted molar refractivity (Wildman–Crippen MR) is 116 cm³/mol. The molecular weight excluding hydrogens is 372 g/mol. The molecule has 0 saturated carbocycles. The molecule has 1 aliphatic heterocycles. The lowest BCUT2D eigenvalue weighted by atomic mass is 10.0. The molecule has 28 heavy (non-hydrogen) atoms. The Kier molecular flexibility index (Phi) is 7.22. The van der Waals surface area contributed by atoms with Crippen molar-refractivity contribution in [3.05, 3.63) is 58.6 Å². The van der Waals surface area contributed by atoms with E-state index in [-0.39, 0.29) is 0 Å². The second-order valence-electron chi connectivity index (χ2n) is 8.08. The van der Waals surface area contributed by atoms with Crippen LogP contribution in [0.25, 0.3) is 0 Å². The average molecular weight is 404 g/mol. The maximum atomic E-state index is 10.5. The number of piperazine rings is 1. The van der Waals surface area contributed by atoms with Crippen LogP contribution in [-0.4, -0.2) is 50.5 Å². The van der Waals surface area contributed by atoms with Gasteiger partial charge in [0.1, 0.15) is 25.0 Å². The van der Waals surface area contributed by atoms with E-state index in [1.807, 2.05) is 18.2 Å². The second kappa shape index (κ2) is 9.64. The first-order valence-electron chi connectivity index (χ1n) is 10.2. The Balaban J connectivity index is 1.47. The number of aliphatic hydroxyl groups excluding tert-OH is 1. The maximum absolute atomic E-state index is 10.5. The number of hydrogen-bond donors (Lipinski definition) is 2. The molecule has 0 aliphatic carbocycles. The summed E-state index contributed by atoms with van der Waals surface area (Å²) in [6.07, 6.45) is -0.465. The minimum Gasteiger partial charge on any atom is -0.490 e. The molecule has 0 bridgehead atoms. The van der Waals surface area contributed by atoms with E-state index in [2.05, 4.69) is 49.9 Å². The van der Waals surface area contributed by atoms with Crippen LogP contribution in [0.3, 0.4) is 0 Å². The van der Waals surface area contributed by atoms with Crippen molar-refractivity contribution in [1.82, 2.24) is 0 Å². The number of hydrogen-bond acceptors (Lipinski definition) is 3. The molecule has 5 heteroatoms. The van der Waals surface area contributed by atoms with Gasteiger partial charge in [-0.1, -0.05) is 43.6 Å². The summed E-state index contributed by atoms with van der Waals surface area (Å²) in [6, 6.07) is 14.3. The molecule has 1 saturated heterocycles.